The lowest BCUT2D eigenvalue weighted by atomic mass is 10.1. The molecule has 0 fully saturated rings. The van der Waals surface area contributed by atoms with Crippen LogP contribution in [0.1, 0.15) is 48.6 Å². The van der Waals surface area contributed by atoms with Crippen molar-refractivity contribution in [2.45, 2.75) is 46.1 Å². The second kappa shape index (κ2) is 7.21. The van der Waals surface area contributed by atoms with Crippen LogP contribution in [0.15, 0.2) is 30.3 Å². The van der Waals surface area contributed by atoms with E-state index in [0.717, 1.165) is 31.6 Å². The fourth-order valence-corrected chi connectivity index (χ4v) is 3.39. The molecule has 0 radical (unpaired) electrons. The minimum absolute atomic E-state index is 0.0414. The van der Waals surface area contributed by atoms with Crippen LogP contribution in [0.25, 0.3) is 0 Å². The van der Waals surface area contributed by atoms with Crippen LogP contribution in [0, 0.1) is 6.92 Å². The lowest BCUT2D eigenvalue weighted by Crippen LogP contribution is -2.30. The zero-order valence-corrected chi connectivity index (χ0v) is 15.5. The number of unbranched alkanes of at least 4 members (excludes halogenated alkanes) is 1. The Morgan fingerprint density at radius 3 is 2.84 bits per heavy atom. The van der Waals surface area contributed by atoms with E-state index in [4.69, 9.17) is 0 Å². The average Bonchev–Trinajstić information content (AvgIpc) is 2.94. The van der Waals surface area contributed by atoms with Gasteiger partial charge in [0.1, 0.15) is 17.3 Å². The van der Waals surface area contributed by atoms with E-state index in [1.807, 2.05) is 26.1 Å². The van der Waals surface area contributed by atoms with Gasteiger partial charge in [0.25, 0.3) is 5.91 Å². The number of hydrogen-bond donors (Lipinski definition) is 0. The van der Waals surface area contributed by atoms with Crippen LogP contribution in [0.3, 0.4) is 0 Å². The molecule has 3 rings (SSSR count). The monoisotopic (exact) mass is 338 g/mol. The molecule has 0 bridgehead atoms. The lowest BCUT2D eigenvalue weighted by Gasteiger charge is -2.25. The first-order valence-corrected chi connectivity index (χ1v) is 8.99. The molecule has 2 aromatic rings. The average molecular weight is 338 g/mol. The highest BCUT2D eigenvalue weighted by atomic mass is 16.2. The molecule has 0 spiro atoms. The van der Waals surface area contributed by atoms with Crippen molar-refractivity contribution in [2.24, 2.45) is 0 Å². The summed E-state index contributed by atoms with van der Waals surface area (Å²) in [6.45, 7) is 6.90. The Morgan fingerprint density at radius 1 is 1.32 bits per heavy atom. The molecule has 1 aromatic heterocycles. The topological polar surface area (TPSA) is 49.3 Å². The lowest BCUT2D eigenvalue weighted by molar-refractivity contribution is 0.0787. The van der Waals surface area contributed by atoms with Crippen molar-refractivity contribution in [3.63, 3.8) is 0 Å². The predicted molar refractivity (Wildman–Crippen MR) is 100 cm³/mol. The quantitative estimate of drug-likeness (QED) is 0.833. The van der Waals surface area contributed by atoms with Crippen LogP contribution < -0.4 is 4.90 Å². The number of fused-ring (bicyclic) bond motifs is 1. The van der Waals surface area contributed by atoms with Crippen LogP contribution in [0.4, 0.5) is 11.5 Å². The van der Waals surface area contributed by atoms with Crippen LogP contribution in [-0.2, 0) is 6.42 Å². The number of hydrogen-bond acceptors (Lipinski definition) is 4. The summed E-state index contributed by atoms with van der Waals surface area (Å²) in [6.07, 6.45) is 3.04. The SMILES string of the molecule is CCCCN(C)C(=O)c1cc(N2c3ccccc3CC2C)nc(C)n1. The van der Waals surface area contributed by atoms with Gasteiger partial charge in [-0.1, -0.05) is 31.5 Å². The highest BCUT2D eigenvalue weighted by molar-refractivity contribution is 5.93. The molecular weight excluding hydrogens is 312 g/mol. The van der Waals surface area contributed by atoms with Gasteiger partial charge in [0.05, 0.1) is 0 Å². The van der Waals surface area contributed by atoms with E-state index in [1.165, 1.54) is 11.3 Å². The maximum absolute atomic E-state index is 12.7. The van der Waals surface area contributed by atoms with E-state index in [2.05, 4.69) is 46.9 Å². The number of aromatic nitrogens is 2. The van der Waals surface area contributed by atoms with Gasteiger partial charge < -0.3 is 9.80 Å². The van der Waals surface area contributed by atoms with Gasteiger partial charge in [-0.25, -0.2) is 9.97 Å². The third-order valence-electron chi connectivity index (χ3n) is 4.69. The molecule has 0 N–H and O–H groups in total. The van der Waals surface area contributed by atoms with E-state index < -0.39 is 0 Å². The fraction of sp³-hybridized carbons (Fsp3) is 0.450. The van der Waals surface area contributed by atoms with E-state index in [-0.39, 0.29) is 5.91 Å². The van der Waals surface area contributed by atoms with Crippen molar-refractivity contribution in [3.05, 3.63) is 47.4 Å². The summed E-state index contributed by atoms with van der Waals surface area (Å²) in [6, 6.07) is 10.5. The van der Waals surface area contributed by atoms with Gasteiger partial charge in [-0.15, -0.1) is 0 Å². The third kappa shape index (κ3) is 3.50. The highest BCUT2D eigenvalue weighted by Crippen LogP contribution is 2.37. The molecule has 0 saturated carbocycles. The molecule has 1 aliphatic heterocycles. The molecule has 1 aliphatic rings. The van der Waals surface area contributed by atoms with Gasteiger partial charge in [-0.2, -0.15) is 0 Å². The van der Waals surface area contributed by atoms with Crippen molar-refractivity contribution in [3.8, 4) is 0 Å². The summed E-state index contributed by atoms with van der Waals surface area (Å²) >= 11 is 0. The maximum Gasteiger partial charge on any atom is 0.272 e. The summed E-state index contributed by atoms with van der Waals surface area (Å²) in [4.78, 5) is 25.7. The van der Waals surface area contributed by atoms with Crippen molar-refractivity contribution >= 4 is 17.4 Å². The van der Waals surface area contributed by atoms with E-state index in [0.29, 0.717) is 17.6 Å². The van der Waals surface area contributed by atoms with Crippen molar-refractivity contribution in [1.82, 2.24) is 14.9 Å². The first-order chi connectivity index (χ1) is 12.0. The molecule has 5 nitrogen and oxygen atoms in total. The number of benzene rings is 1. The molecule has 1 aromatic carbocycles. The summed E-state index contributed by atoms with van der Waals surface area (Å²) in [5.74, 6) is 1.39. The van der Waals surface area contributed by atoms with Gasteiger partial charge in [0.15, 0.2) is 0 Å². The first-order valence-electron chi connectivity index (χ1n) is 8.99. The molecule has 0 aliphatic carbocycles. The molecule has 2 heterocycles. The Hall–Kier alpha value is -2.43. The summed E-state index contributed by atoms with van der Waals surface area (Å²) in [5.41, 5.74) is 2.96. The first kappa shape index (κ1) is 17.4. The van der Waals surface area contributed by atoms with E-state index >= 15 is 0 Å². The van der Waals surface area contributed by atoms with Crippen LogP contribution in [0.2, 0.25) is 0 Å². The summed E-state index contributed by atoms with van der Waals surface area (Å²) < 4.78 is 0. The molecule has 0 saturated heterocycles. The predicted octanol–water partition coefficient (Wildman–Crippen LogP) is 3.74. The van der Waals surface area contributed by atoms with Crippen LogP contribution in [0.5, 0.6) is 0 Å². The Morgan fingerprint density at radius 2 is 2.08 bits per heavy atom. The molecule has 1 atom stereocenters. The zero-order chi connectivity index (χ0) is 18.0. The molecule has 1 unspecified atom stereocenters. The number of carbonyl (C=O) groups is 1. The fourth-order valence-electron chi connectivity index (χ4n) is 3.39. The van der Waals surface area contributed by atoms with Crippen LogP contribution in [-0.4, -0.2) is 40.4 Å². The normalized spacial score (nSPS) is 16.0. The number of carbonyl (C=O) groups excluding carboxylic acids is 1. The minimum atomic E-state index is -0.0414. The van der Waals surface area contributed by atoms with Gasteiger partial charge in [0.2, 0.25) is 0 Å². The second-order valence-electron chi connectivity index (χ2n) is 6.79. The maximum atomic E-state index is 12.7. The summed E-state index contributed by atoms with van der Waals surface area (Å²) in [5, 5.41) is 0. The number of nitrogens with zero attached hydrogens (tertiary/aromatic N) is 4. The van der Waals surface area contributed by atoms with E-state index in [1.54, 1.807) is 4.90 Å². The number of rotatable bonds is 5. The standard InChI is InChI=1S/C20H26N4O/c1-5-6-11-23(4)20(25)17-13-19(22-15(3)21-17)24-14(2)12-16-9-7-8-10-18(16)24/h7-10,13-14H,5-6,11-12H2,1-4H3. The minimum Gasteiger partial charge on any atom is -0.340 e. The van der Waals surface area contributed by atoms with Crippen molar-refractivity contribution in [2.75, 3.05) is 18.5 Å². The highest BCUT2D eigenvalue weighted by Gasteiger charge is 2.29. The molecular formula is C20H26N4O. The largest absolute Gasteiger partial charge is 0.340 e. The number of anilines is 2. The van der Waals surface area contributed by atoms with E-state index in [9.17, 15) is 4.79 Å². The van der Waals surface area contributed by atoms with Gasteiger partial charge in [-0.05, 0) is 38.3 Å². The smallest absolute Gasteiger partial charge is 0.272 e. The molecule has 1 amide bonds. The Bertz CT molecular complexity index is 774. The van der Waals surface area contributed by atoms with Crippen molar-refractivity contribution in [1.29, 1.82) is 0 Å². The van der Waals surface area contributed by atoms with Gasteiger partial charge in [-0.3, -0.25) is 4.79 Å². The number of amides is 1. The Balaban J connectivity index is 1.94. The molecule has 132 valence electrons. The van der Waals surface area contributed by atoms with Crippen molar-refractivity contribution < 1.29 is 4.79 Å². The molecule has 5 heteroatoms. The third-order valence-corrected chi connectivity index (χ3v) is 4.69. The summed E-state index contributed by atoms with van der Waals surface area (Å²) in [7, 11) is 1.84. The second-order valence-corrected chi connectivity index (χ2v) is 6.79. The van der Waals surface area contributed by atoms with Gasteiger partial charge >= 0.3 is 0 Å². The number of para-hydroxylation sites is 1. The van der Waals surface area contributed by atoms with Crippen LogP contribution >= 0.6 is 0 Å². The number of aryl methyl sites for hydroxylation is 1. The van der Waals surface area contributed by atoms with Gasteiger partial charge in [0, 0.05) is 31.4 Å². The molecule has 25 heavy (non-hydrogen) atoms. The Kier molecular flexibility index (Phi) is 5.02. The Labute approximate surface area is 149 Å². The zero-order valence-electron chi connectivity index (χ0n) is 15.5.